The van der Waals surface area contributed by atoms with Crippen LogP contribution in [-0.4, -0.2) is 66.3 Å². The minimum Gasteiger partial charge on any atom is -0.423 e. The number of ether oxygens (including phenoxy) is 1. The van der Waals surface area contributed by atoms with Crippen molar-refractivity contribution in [2.24, 2.45) is 24.6 Å². The number of anilines is 2. The van der Waals surface area contributed by atoms with Gasteiger partial charge in [0.1, 0.15) is 23.0 Å². The van der Waals surface area contributed by atoms with Crippen LogP contribution in [0.3, 0.4) is 0 Å². The highest BCUT2D eigenvalue weighted by molar-refractivity contribution is 6.14. The van der Waals surface area contributed by atoms with E-state index in [0.717, 1.165) is 36.8 Å². The molecule has 1 aliphatic heterocycles. The van der Waals surface area contributed by atoms with E-state index in [9.17, 15) is 4.39 Å². The molecule has 1 aromatic carbocycles. The average Bonchev–Trinajstić information content (AvgIpc) is 3.50. The summed E-state index contributed by atoms with van der Waals surface area (Å²) in [7, 11) is 3.51. The highest BCUT2D eigenvalue weighted by atomic mass is 19.1. The molecule has 2 fully saturated rings. The van der Waals surface area contributed by atoms with Gasteiger partial charge in [-0.1, -0.05) is 0 Å². The predicted octanol–water partition coefficient (Wildman–Crippen LogP) is 2.84. The van der Waals surface area contributed by atoms with Crippen molar-refractivity contribution in [1.29, 1.82) is 0 Å². The van der Waals surface area contributed by atoms with E-state index in [1.165, 1.54) is 12.1 Å². The Balaban J connectivity index is 1.35. The van der Waals surface area contributed by atoms with E-state index in [1.807, 2.05) is 0 Å². The number of tetrazole rings is 1. The number of piperidine rings is 1. The number of pyridine rings is 1. The van der Waals surface area contributed by atoms with E-state index in [1.54, 1.807) is 37.2 Å². The number of aromatic amines is 1. The summed E-state index contributed by atoms with van der Waals surface area (Å²) in [6.45, 7) is 1.62. The number of rotatable bonds is 5. The molecule has 194 valence electrons. The fraction of sp³-hybridized carbons (Fsp3) is 0.360. The molecule has 5 heterocycles. The van der Waals surface area contributed by atoms with Gasteiger partial charge in [-0.3, -0.25) is 4.98 Å². The van der Waals surface area contributed by atoms with Crippen molar-refractivity contribution in [3.63, 3.8) is 0 Å². The van der Waals surface area contributed by atoms with Crippen molar-refractivity contribution < 1.29 is 9.13 Å². The lowest BCUT2D eigenvalue weighted by Crippen LogP contribution is -2.57. The maximum absolute atomic E-state index is 14.6. The summed E-state index contributed by atoms with van der Waals surface area (Å²) < 4.78 is 22.3. The van der Waals surface area contributed by atoms with Gasteiger partial charge in [-0.25, -0.2) is 9.07 Å². The number of fused-ring (bicyclic) bond motifs is 4. The van der Waals surface area contributed by atoms with Crippen molar-refractivity contribution in [2.45, 2.75) is 18.9 Å². The molecule has 1 aliphatic carbocycles. The van der Waals surface area contributed by atoms with Crippen molar-refractivity contribution >= 4 is 33.4 Å². The van der Waals surface area contributed by atoms with Crippen LogP contribution in [0.25, 0.3) is 33.3 Å². The minimum absolute atomic E-state index is 0.153. The molecule has 0 radical (unpaired) electrons. The molecule has 7 rings (SSSR count). The zero-order valence-electron chi connectivity index (χ0n) is 20.9. The van der Waals surface area contributed by atoms with E-state index >= 15 is 0 Å². The molecule has 38 heavy (non-hydrogen) atoms. The number of halogens is 1. The monoisotopic (exact) mass is 515 g/mol. The van der Waals surface area contributed by atoms with Gasteiger partial charge < -0.3 is 25.7 Å². The third-order valence-electron chi connectivity index (χ3n) is 7.79. The topological polar surface area (TPSA) is 149 Å². The molecule has 0 bridgehead atoms. The van der Waals surface area contributed by atoms with Crippen LogP contribution < -0.4 is 20.7 Å². The van der Waals surface area contributed by atoms with Crippen LogP contribution in [0.1, 0.15) is 12.8 Å². The van der Waals surface area contributed by atoms with Crippen LogP contribution in [0.5, 0.6) is 11.8 Å². The van der Waals surface area contributed by atoms with Crippen molar-refractivity contribution in [3.8, 4) is 23.1 Å². The Hall–Kier alpha value is -4.39. The van der Waals surface area contributed by atoms with Gasteiger partial charge in [0.05, 0.1) is 22.8 Å². The molecule has 1 saturated carbocycles. The van der Waals surface area contributed by atoms with Crippen LogP contribution in [0.2, 0.25) is 0 Å². The molecular formula is C25H26FN11O. The fourth-order valence-electron chi connectivity index (χ4n) is 5.80. The first-order valence-corrected chi connectivity index (χ1v) is 12.6. The van der Waals surface area contributed by atoms with E-state index in [4.69, 9.17) is 15.5 Å². The van der Waals surface area contributed by atoms with E-state index < -0.39 is 0 Å². The maximum atomic E-state index is 14.6. The molecule has 5 aromatic rings. The molecule has 4 N–H and O–H groups in total. The van der Waals surface area contributed by atoms with Crippen molar-refractivity contribution in [1.82, 2.24) is 40.1 Å². The average molecular weight is 516 g/mol. The van der Waals surface area contributed by atoms with Gasteiger partial charge in [-0.2, -0.15) is 9.97 Å². The zero-order valence-corrected chi connectivity index (χ0v) is 20.9. The smallest absolute Gasteiger partial charge is 0.326 e. The Morgan fingerprint density at radius 1 is 1.21 bits per heavy atom. The van der Waals surface area contributed by atoms with Gasteiger partial charge in [0, 0.05) is 50.4 Å². The number of benzene rings is 1. The van der Waals surface area contributed by atoms with Gasteiger partial charge in [0.25, 0.3) is 0 Å². The summed E-state index contributed by atoms with van der Waals surface area (Å²) in [5.74, 6) is 2.41. The predicted molar refractivity (Wildman–Crippen MR) is 139 cm³/mol. The van der Waals surface area contributed by atoms with Gasteiger partial charge in [-0.05, 0) is 53.3 Å². The fourth-order valence-corrected chi connectivity index (χ4v) is 5.80. The summed E-state index contributed by atoms with van der Waals surface area (Å²) in [6, 6.07) is 5.10. The quantitative estimate of drug-likeness (QED) is 0.319. The molecule has 12 nitrogen and oxygen atoms in total. The third kappa shape index (κ3) is 3.61. The third-order valence-corrected chi connectivity index (χ3v) is 7.79. The number of nitrogens with zero attached hydrogens (tertiary/aromatic N) is 8. The lowest BCUT2D eigenvalue weighted by Gasteiger charge is -2.50. The van der Waals surface area contributed by atoms with E-state index in [2.05, 4.69) is 40.7 Å². The number of hydrogen-bond donors (Lipinski definition) is 3. The SMILES string of the molecule is CNc1cc(F)cc2c1[nH]c1nc(Oc3cncc(-c4nnnn4C)c3)nc(N3CCC4C[C@@H](N)C4C3)c12. The van der Waals surface area contributed by atoms with Crippen LogP contribution in [0.15, 0.2) is 30.6 Å². The Labute approximate surface area is 216 Å². The van der Waals surface area contributed by atoms with Crippen LogP contribution >= 0.6 is 0 Å². The summed E-state index contributed by atoms with van der Waals surface area (Å²) in [5, 5.41) is 16.1. The lowest BCUT2D eigenvalue weighted by molar-refractivity contribution is 0.110. The number of H-pyrrole nitrogens is 1. The molecule has 1 saturated heterocycles. The Morgan fingerprint density at radius 3 is 2.89 bits per heavy atom. The van der Waals surface area contributed by atoms with E-state index in [0.29, 0.717) is 51.5 Å². The van der Waals surface area contributed by atoms with Gasteiger partial charge >= 0.3 is 6.01 Å². The summed E-state index contributed by atoms with van der Waals surface area (Å²) in [4.78, 5) is 19.4. The first-order valence-electron chi connectivity index (χ1n) is 12.6. The second-order valence-electron chi connectivity index (χ2n) is 10.00. The first-order chi connectivity index (χ1) is 18.5. The number of nitrogens with two attached hydrogens (primary N) is 1. The second kappa shape index (κ2) is 8.58. The van der Waals surface area contributed by atoms with Gasteiger partial charge in [0.2, 0.25) is 0 Å². The van der Waals surface area contributed by atoms with E-state index in [-0.39, 0.29) is 17.9 Å². The summed E-state index contributed by atoms with van der Waals surface area (Å²) >= 11 is 0. The number of hydrogen-bond acceptors (Lipinski definition) is 10. The second-order valence-corrected chi connectivity index (χ2v) is 10.00. The lowest BCUT2D eigenvalue weighted by atomic mass is 9.66. The molecule has 2 aliphatic rings. The number of aryl methyl sites for hydroxylation is 1. The number of nitrogens with one attached hydrogen (secondary N) is 2. The summed E-state index contributed by atoms with van der Waals surface area (Å²) in [5.41, 5.74) is 8.99. The highest BCUT2D eigenvalue weighted by Crippen LogP contribution is 2.43. The molecule has 0 spiro atoms. The highest BCUT2D eigenvalue weighted by Gasteiger charge is 2.43. The molecule has 0 amide bonds. The molecule has 2 unspecified atom stereocenters. The zero-order chi connectivity index (χ0) is 26.0. The molecule has 3 atom stereocenters. The largest absolute Gasteiger partial charge is 0.423 e. The van der Waals surface area contributed by atoms with Crippen LogP contribution in [-0.2, 0) is 7.05 Å². The first kappa shape index (κ1) is 22.8. The standard InChI is InChI=1S/C25H26FN11O/c1-28-19-8-14(26)7-16-20-22(30-21(16)19)31-25(32-24(20)37-4-3-12-6-18(27)17(12)11-37)38-15-5-13(9-29-10-15)23-33-34-35-36(23)2/h5,7-10,12,17-18,28H,3-4,6,11,27H2,1-2H3,(H,30,31,32)/t12?,17?,18-/m1/s1. The van der Waals surface area contributed by atoms with Gasteiger partial charge in [-0.15, -0.1) is 5.10 Å². The van der Waals surface area contributed by atoms with Crippen LogP contribution in [0.4, 0.5) is 15.9 Å². The molecule has 13 heteroatoms. The molecular weight excluding hydrogens is 489 g/mol. The molecule has 4 aromatic heterocycles. The van der Waals surface area contributed by atoms with Crippen molar-refractivity contribution in [2.75, 3.05) is 30.4 Å². The minimum atomic E-state index is -0.338. The Bertz CT molecular complexity index is 1680. The van der Waals surface area contributed by atoms with Crippen LogP contribution in [0, 0.1) is 17.7 Å². The Kier molecular flexibility index (Phi) is 5.15. The normalized spacial score (nSPS) is 20.9. The maximum Gasteiger partial charge on any atom is 0.326 e. The Morgan fingerprint density at radius 2 is 2.11 bits per heavy atom. The van der Waals surface area contributed by atoms with Crippen molar-refractivity contribution in [3.05, 3.63) is 36.4 Å². The van der Waals surface area contributed by atoms with Gasteiger partial charge in [0.15, 0.2) is 5.82 Å². The summed E-state index contributed by atoms with van der Waals surface area (Å²) in [6.07, 6.45) is 5.35. The number of aromatic nitrogens is 8.